The minimum Gasteiger partial charge on any atom is -0.392 e. The van der Waals surface area contributed by atoms with Gasteiger partial charge in [0.15, 0.2) is 5.60 Å². The molecule has 2 fully saturated rings. The van der Waals surface area contributed by atoms with Crippen molar-refractivity contribution in [2.45, 2.75) is 70.8 Å². The quantitative estimate of drug-likeness (QED) is 0.380. The lowest BCUT2D eigenvalue weighted by Crippen LogP contribution is -2.43. The number of nitriles is 2. The van der Waals surface area contributed by atoms with Crippen LogP contribution >= 0.6 is 0 Å². The predicted molar refractivity (Wildman–Crippen MR) is 144 cm³/mol. The number of aliphatic hydroxyl groups excluding tert-OH is 2. The van der Waals surface area contributed by atoms with Gasteiger partial charge < -0.3 is 30.7 Å². The number of anilines is 2. The van der Waals surface area contributed by atoms with Crippen molar-refractivity contribution >= 4 is 17.5 Å². The summed E-state index contributed by atoms with van der Waals surface area (Å²) in [5.41, 5.74) is 1.61. The van der Waals surface area contributed by atoms with Gasteiger partial charge in [-0.15, -0.1) is 0 Å². The molecule has 15 nitrogen and oxygen atoms in total. The number of amides is 1. The Balaban J connectivity index is 0.000000228. The molecule has 8 unspecified atom stereocenters. The Morgan fingerprint density at radius 3 is 2.02 bits per heavy atom. The molecule has 0 radical (unpaired) electrons. The molecule has 41 heavy (non-hydrogen) atoms. The number of hydrogen-bond acceptors (Lipinski definition) is 12. The molecule has 0 aromatic carbocycles. The Morgan fingerprint density at radius 1 is 1.05 bits per heavy atom. The Kier molecular flexibility index (Phi) is 9.30. The number of carbonyl (C=O) groups excluding carboxylic acids is 1. The molecular weight excluding hydrogens is 536 g/mol. The van der Waals surface area contributed by atoms with Gasteiger partial charge in [-0.3, -0.25) is 13.9 Å². The number of aromatic nitrogens is 4. The van der Waals surface area contributed by atoms with Crippen molar-refractivity contribution < 1.29 is 24.5 Å². The normalized spacial score (nSPS) is 32.3. The van der Waals surface area contributed by atoms with E-state index in [4.69, 9.17) is 20.5 Å². The van der Waals surface area contributed by atoms with Crippen molar-refractivity contribution in [2.24, 2.45) is 17.8 Å². The van der Waals surface area contributed by atoms with E-state index >= 15 is 0 Å². The first-order valence-corrected chi connectivity index (χ1v) is 13.0. The van der Waals surface area contributed by atoms with Gasteiger partial charge in [-0.1, -0.05) is 27.7 Å². The van der Waals surface area contributed by atoms with Crippen molar-refractivity contribution in [1.82, 2.24) is 19.1 Å². The lowest BCUT2D eigenvalue weighted by Gasteiger charge is -2.23. The second-order valence-corrected chi connectivity index (χ2v) is 10.2. The van der Waals surface area contributed by atoms with Crippen LogP contribution in [0, 0.1) is 40.4 Å². The molecule has 2 aliphatic rings. The zero-order valence-corrected chi connectivity index (χ0v) is 23.4. The Morgan fingerprint density at radius 2 is 1.59 bits per heavy atom. The van der Waals surface area contributed by atoms with E-state index in [9.17, 15) is 29.9 Å². The second-order valence-electron chi connectivity index (χ2n) is 10.2. The molecule has 2 aromatic heterocycles. The van der Waals surface area contributed by atoms with E-state index in [-0.39, 0.29) is 29.4 Å². The largest absolute Gasteiger partial charge is 0.392 e. The number of aliphatic hydroxyl groups is 2. The topological polar surface area (TPSA) is 231 Å². The molecule has 0 aliphatic carbocycles. The molecule has 2 aliphatic heterocycles. The Labute approximate surface area is 235 Å². The van der Waals surface area contributed by atoms with Crippen LogP contribution in [0.1, 0.15) is 53.5 Å². The number of nitrogen functional groups attached to an aromatic ring is 1. The van der Waals surface area contributed by atoms with Gasteiger partial charge in [-0.25, -0.2) is 9.59 Å². The number of carbonyl (C=O) groups is 1. The van der Waals surface area contributed by atoms with Crippen LogP contribution in [0.2, 0.25) is 0 Å². The van der Waals surface area contributed by atoms with Crippen LogP contribution in [0.3, 0.4) is 0 Å². The van der Waals surface area contributed by atoms with Crippen molar-refractivity contribution in [2.75, 3.05) is 17.7 Å². The fourth-order valence-electron chi connectivity index (χ4n) is 5.04. The number of hydrogen-bond donors (Lipinski definition) is 4. The SMILES string of the molecule is CC1C(n2ccc(N)nc2=O)OC(C#N)(CO)C1O.CCC1(C#N)OC(n2ccc(NC(C)=O)nc2=O)C(C)C1C. The van der Waals surface area contributed by atoms with Gasteiger partial charge in [0.2, 0.25) is 11.5 Å². The van der Waals surface area contributed by atoms with Crippen molar-refractivity contribution in [3.63, 3.8) is 0 Å². The summed E-state index contributed by atoms with van der Waals surface area (Å²) in [6.07, 6.45) is 0.832. The van der Waals surface area contributed by atoms with Gasteiger partial charge in [0.1, 0.15) is 36.3 Å². The summed E-state index contributed by atoms with van der Waals surface area (Å²) >= 11 is 0. The Bertz CT molecular complexity index is 1480. The molecule has 2 saturated heterocycles. The molecule has 0 saturated carbocycles. The highest BCUT2D eigenvalue weighted by Crippen LogP contribution is 2.46. The number of nitrogens with one attached hydrogen (secondary N) is 1. The summed E-state index contributed by atoms with van der Waals surface area (Å²) in [6.45, 7) is 8.12. The van der Waals surface area contributed by atoms with Gasteiger partial charge in [-0.2, -0.15) is 20.5 Å². The van der Waals surface area contributed by atoms with Gasteiger partial charge >= 0.3 is 11.4 Å². The molecule has 1 amide bonds. The predicted octanol–water partition coefficient (Wildman–Crippen LogP) is 0.281. The molecule has 4 heterocycles. The summed E-state index contributed by atoms with van der Waals surface area (Å²) in [4.78, 5) is 42.3. The lowest BCUT2D eigenvalue weighted by atomic mass is 9.82. The van der Waals surface area contributed by atoms with Crippen LogP contribution in [0.15, 0.2) is 34.1 Å². The fraction of sp³-hybridized carbons (Fsp3) is 0.577. The average Bonchev–Trinajstić information content (AvgIpc) is 3.34. The van der Waals surface area contributed by atoms with Crippen molar-refractivity contribution in [3.8, 4) is 12.1 Å². The Hall–Kier alpha value is -4.15. The minimum atomic E-state index is -1.73. The second kappa shape index (κ2) is 12.2. The standard InChI is InChI=1S/C15H20N4O3.C11H14N4O4/c1-5-15(8-16)10(3)9(2)13(22-15)19-7-6-12(17-11(4)20)18-14(19)21;1-6-8(17)11(4-12,5-16)19-9(6)15-3-2-7(13)14-10(15)18/h6-7,9-10,13H,5H2,1-4H3,(H,17,18,20,21);2-3,6,8-9,16-17H,5H2,1H3,(H2,13,14,18). The number of nitrogens with zero attached hydrogens (tertiary/aromatic N) is 6. The minimum absolute atomic E-state index is 0.00517. The summed E-state index contributed by atoms with van der Waals surface area (Å²) in [7, 11) is 0. The summed E-state index contributed by atoms with van der Waals surface area (Å²) in [6, 6.07) is 6.96. The van der Waals surface area contributed by atoms with Crippen LogP contribution in [0.4, 0.5) is 11.6 Å². The van der Waals surface area contributed by atoms with E-state index in [1.165, 1.54) is 30.0 Å². The maximum atomic E-state index is 12.2. The van der Waals surface area contributed by atoms with E-state index in [1.54, 1.807) is 19.1 Å². The number of ether oxygens (including phenoxy) is 2. The van der Waals surface area contributed by atoms with Crippen LogP contribution in [-0.2, 0) is 14.3 Å². The van der Waals surface area contributed by atoms with E-state index in [1.807, 2.05) is 20.8 Å². The molecule has 0 spiro atoms. The maximum absolute atomic E-state index is 12.2. The van der Waals surface area contributed by atoms with Crippen molar-refractivity contribution in [1.29, 1.82) is 10.5 Å². The molecule has 220 valence electrons. The summed E-state index contributed by atoms with van der Waals surface area (Å²) in [5.74, 6) is -0.594. The highest BCUT2D eigenvalue weighted by molar-refractivity contribution is 5.87. The van der Waals surface area contributed by atoms with Crippen LogP contribution in [0.25, 0.3) is 0 Å². The van der Waals surface area contributed by atoms with Crippen LogP contribution < -0.4 is 22.4 Å². The fourth-order valence-corrected chi connectivity index (χ4v) is 5.04. The van der Waals surface area contributed by atoms with Gasteiger partial charge in [-0.05, 0) is 18.6 Å². The number of rotatable bonds is 5. The number of nitrogens with two attached hydrogens (primary N) is 1. The summed E-state index contributed by atoms with van der Waals surface area (Å²) < 4.78 is 13.8. The molecular formula is C26H34N8O7. The smallest absolute Gasteiger partial charge is 0.351 e. The molecule has 0 bridgehead atoms. The molecule has 2 aromatic rings. The highest BCUT2D eigenvalue weighted by atomic mass is 16.6. The first kappa shape index (κ1) is 31.4. The average molecular weight is 571 g/mol. The van der Waals surface area contributed by atoms with Crippen LogP contribution in [0.5, 0.6) is 0 Å². The third kappa shape index (κ3) is 5.84. The van der Waals surface area contributed by atoms with E-state index < -0.39 is 53.7 Å². The molecule has 5 N–H and O–H groups in total. The zero-order valence-electron chi connectivity index (χ0n) is 23.4. The zero-order chi connectivity index (χ0) is 30.7. The van der Waals surface area contributed by atoms with Crippen LogP contribution in [-0.4, -0.2) is 59.1 Å². The van der Waals surface area contributed by atoms with E-state index in [2.05, 4.69) is 21.4 Å². The molecule has 8 atom stereocenters. The lowest BCUT2D eigenvalue weighted by molar-refractivity contribution is -0.114. The van der Waals surface area contributed by atoms with Crippen molar-refractivity contribution in [3.05, 3.63) is 45.5 Å². The molecule has 4 rings (SSSR count). The van der Waals surface area contributed by atoms with Gasteiger partial charge in [0.25, 0.3) is 0 Å². The molecule has 15 heteroatoms. The maximum Gasteiger partial charge on any atom is 0.351 e. The first-order chi connectivity index (χ1) is 19.3. The van der Waals surface area contributed by atoms with E-state index in [0.29, 0.717) is 6.42 Å². The third-order valence-electron chi connectivity index (χ3n) is 7.73. The van der Waals surface area contributed by atoms with E-state index in [0.717, 1.165) is 4.57 Å². The monoisotopic (exact) mass is 570 g/mol. The van der Waals surface area contributed by atoms with Gasteiger partial charge in [0, 0.05) is 37.1 Å². The summed E-state index contributed by atoms with van der Waals surface area (Å²) in [5, 5.41) is 40.3. The highest BCUT2D eigenvalue weighted by Gasteiger charge is 2.54. The third-order valence-corrected chi connectivity index (χ3v) is 7.73. The first-order valence-electron chi connectivity index (χ1n) is 13.0. The van der Waals surface area contributed by atoms with Gasteiger partial charge in [0.05, 0.1) is 12.7 Å².